The number of benzene rings is 1. The Balaban J connectivity index is 2.11. The van der Waals surface area contributed by atoms with Crippen molar-refractivity contribution in [1.29, 1.82) is 0 Å². The molecule has 0 spiro atoms. The number of hydrogen-bond donors (Lipinski definition) is 1. The van der Waals surface area contributed by atoms with Crippen molar-refractivity contribution in [3.05, 3.63) is 35.4 Å². The molecular weight excluding hydrogens is 286 g/mol. The third-order valence-corrected chi connectivity index (χ3v) is 3.66. The average Bonchev–Trinajstić information content (AvgIpc) is 2.76. The van der Waals surface area contributed by atoms with Gasteiger partial charge in [0.05, 0.1) is 5.56 Å². The molecule has 1 aromatic heterocycles. The molecule has 0 amide bonds. The van der Waals surface area contributed by atoms with E-state index in [-0.39, 0.29) is 11.3 Å². The van der Waals surface area contributed by atoms with E-state index in [9.17, 15) is 17.6 Å². The van der Waals surface area contributed by atoms with Crippen LogP contribution in [0, 0.1) is 5.82 Å². The first kappa shape index (κ1) is 13.9. The summed E-state index contributed by atoms with van der Waals surface area (Å²) in [7, 11) is 0. The molecule has 0 fully saturated rings. The predicted molar refractivity (Wildman–Crippen MR) is 70.0 cm³/mol. The number of rotatable bonds is 1. The van der Waals surface area contributed by atoms with Crippen molar-refractivity contribution in [2.45, 2.75) is 32.0 Å². The first-order chi connectivity index (χ1) is 9.88. The van der Waals surface area contributed by atoms with Gasteiger partial charge < -0.3 is 10.3 Å². The number of aromatic nitrogens is 2. The number of imidazole rings is 1. The van der Waals surface area contributed by atoms with Crippen LogP contribution < -0.4 is 5.73 Å². The maximum Gasteiger partial charge on any atom is 0.419 e. The second-order valence-corrected chi connectivity index (χ2v) is 5.06. The predicted octanol–water partition coefficient (Wildman–Crippen LogP) is 3.63. The topological polar surface area (TPSA) is 43.8 Å². The molecule has 0 saturated heterocycles. The molecule has 2 heterocycles. The van der Waals surface area contributed by atoms with E-state index in [4.69, 9.17) is 5.73 Å². The number of fused-ring (bicyclic) bond motifs is 1. The van der Waals surface area contributed by atoms with Crippen LogP contribution in [-0.4, -0.2) is 9.55 Å². The lowest BCUT2D eigenvalue weighted by molar-refractivity contribution is -0.139. The molecule has 0 aliphatic carbocycles. The molecule has 0 radical (unpaired) electrons. The van der Waals surface area contributed by atoms with Gasteiger partial charge in [-0.25, -0.2) is 9.37 Å². The quantitative estimate of drug-likeness (QED) is 0.817. The van der Waals surface area contributed by atoms with Crippen LogP contribution >= 0.6 is 0 Å². The highest BCUT2D eigenvalue weighted by Gasteiger charge is 2.34. The van der Waals surface area contributed by atoms with E-state index in [0.717, 1.165) is 37.2 Å². The van der Waals surface area contributed by atoms with Crippen LogP contribution in [0.15, 0.2) is 18.2 Å². The molecule has 0 atom stereocenters. The van der Waals surface area contributed by atoms with Gasteiger partial charge in [0.2, 0.25) is 0 Å². The van der Waals surface area contributed by atoms with Gasteiger partial charge in [-0.05, 0) is 31.0 Å². The molecule has 3 rings (SSSR count). The summed E-state index contributed by atoms with van der Waals surface area (Å²) in [6, 6.07) is 2.84. The lowest BCUT2D eigenvalue weighted by Gasteiger charge is -2.14. The third kappa shape index (κ3) is 2.36. The summed E-state index contributed by atoms with van der Waals surface area (Å²) in [5.41, 5.74) is 5.15. The molecule has 3 nitrogen and oxygen atoms in total. The van der Waals surface area contributed by atoms with Gasteiger partial charge in [0, 0.05) is 18.5 Å². The van der Waals surface area contributed by atoms with Gasteiger partial charge in [-0.3, -0.25) is 0 Å². The Kier molecular flexibility index (Phi) is 3.15. The highest BCUT2D eigenvalue weighted by molar-refractivity contribution is 5.71. The number of halogens is 4. The van der Waals surface area contributed by atoms with E-state index in [2.05, 4.69) is 4.98 Å². The molecule has 2 aromatic rings. The minimum atomic E-state index is -4.74. The van der Waals surface area contributed by atoms with Crippen LogP contribution in [0.2, 0.25) is 0 Å². The first-order valence-corrected chi connectivity index (χ1v) is 6.60. The van der Waals surface area contributed by atoms with Crippen LogP contribution in [0.5, 0.6) is 0 Å². The van der Waals surface area contributed by atoms with E-state index in [1.807, 2.05) is 4.57 Å². The fourth-order valence-corrected chi connectivity index (χ4v) is 2.61. The minimum absolute atomic E-state index is 0.183. The normalized spacial score (nSPS) is 15.0. The molecule has 21 heavy (non-hydrogen) atoms. The Hall–Kier alpha value is -2.05. The van der Waals surface area contributed by atoms with E-state index in [0.29, 0.717) is 12.4 Å². The van der Waals surface area contributed by atoms with Gasteiger partial charge >= 0.3 is 6.18 Å². The molecule has 112 valence electrons. The van der Waals surface area contributed by atoms with Crippen molar-refractivity contribution >= 4 is 5.82 Å². The SMILES string of the molecule is Nc1c(-c2ccc(F)c(C(F)(F)F)c2)nc2n1CCCC2. The van der Waals surface area contributed by atoms with Crippen molar-refractivity contribution in [3.63, 3.8) is 0 Å². The lowest BCUT2D eigenvalue weighted by Crippen LogP contribution is -2.12. The molecule has 2 N–H and O–H groups in total. The van der Waals surface area contributed by atoms with E-state index in [1.165, 1.54) is 6.07 Å². The van der Waals surface area contributed by atoms with Crippen molar-refractivity contribution in [2.24, 2.45) is 0 Å². The summed E-state index contributed by atoms with van der Waals surface area (Å²) in [5.74, 6) is -0.190. The summed E-state index contributed by atoms with van der Waals surface area (Å²) < 4.78 is 53.5. The fraction of sp³-hybridized carbons (Fsp3) is 0.357. The summed E-state index contributed by atoms with van der Waals surface area (Å²) in [6.45, 7) is 0.710. The Morgan fingerprint density at radius 1 is 1.19 bits per heavy atom. The van der Waals surface area contributed by atoms with Gasteiger partial charge in [-0.2, -0.15) is 13.2 Å². The lowest BCUT2D eigenvalue weighted by atomic mass is 10.1. The van der Waals surface area contributed by atoms with Crippen LogP contribution in [0.4, 0.5) is 23.4 Å². The van der Waals surface area contributed by atoms with Crippen LogP contribution in [0.3, 0.4) is 0 Å². The summed E-state index contributed by atoms with van der Waals surface area (Å²) >= 11 is 0. The monoisotopic (exact) mass is 299 g/mol. The zero-order chi connectivity index (χ0) is 15.2. The van der Waals surface area contributed by atoms with Gasteiger partial charge in [0.1, 0.15) is 23.2 Å². The second-order valence-electron chi connectivity index (χ2n) is 5.06. The summed E-state index contributed by atoms with van der Waals surface area (Å²) in [6.07, 6.45) is -2.05. The average molecular weight is 299 g/mol. The van der Waals surface area contributed by atoms with E-state index in [1.54, 1.807) is 0 Å². The smallest absolute Gasteiger partial charge is 0.383 e. The molecule has 1 aromatic carbocycles. The highest BCUT2D eigenvalue weighted by atomic mass is 19.4. The maximum atomic E-state index is 13.3. The Bertz CT molecular complexity index is 688. The first-order valence-electron chi connectivity index (χ1n) is 6.60. The van der Waals surface area contributed by atoms with E-state index >= 15 is 0 Å². The number of hydrogen-bond acceptors (Lipinski definition) is 2. The molecule has 7 heteroatoms. The van der Waals surface area contributed by atoms with Crippen molar-refractivity contribution in [3.8, 4) is 11.3 Å². The molecule has 0 bridgehead atoms. The number of aryl methyl sites for hydroxylation is 1. The van der Waals surface area contributed by atoms with Crippen LogP contribution in [-0.2, 0) is 19.1 Å². The Labute approximate surface area is 118 Å². The van der Waals surface area contributed by atoms with Crippen LogP contribution in [0.1, 0.15) is 24.2 Å². The number of nitrogens with two attached hydrogens (primary N) is 1. The zero-order valence-electron chi connectivity index (χ0n) is 11.0. The number of alkyl halides is 3. The van der Waals surface area contributed by atoms with Gasteiger partial charge in [0.25, 0.3) is 0 Å². The van der Waals surface area contributed by atoms with Gasteiger partial charge in [-0.15, -0.1) is 0 Å². The maximum absolute atomic E-state index is 13.3. The van der Waals surface area contributed by atoms with Crippen molar-refractivity contribution in [2.75, 3.05) is 5.73 Å². The number of anilines is 1. The third-order valence-electron chi connectivity index (χ3n) is 3.66. The van der Waals surface area contributed by atoms with E-state index < -0.39 is 17.6 Å². The highest BCUT2D eigenvalue weighted by Crippen LogP contribution is 2.36. The van der Waals surface area contributed by atoms with Crippen LogP contribution in [0.25, 0.3) is 11.3 Å². The minimum Gasteiger partial charge on any atom is -0.383 e. The molecule has 1 aliphatic rings. The Morgan fingerprint density at radius 3 is 2.62 bits per heavy atom. The number of nitrogens with zero attached hydrogens (tertiary/aromatic N) is 2. The zero-order valence-corrected chi connectivity index (χ0v) is 11.0. The molecular formula is C14H13F4N3. The molecule has 0 saturated carbocycles. The molecule has 1 aliphatic heterocycles. The summed E-state index contributed by atoms with van der Waals surface area (Å²) in [4.78, 5) is 4.32. The largest absolute Gasteiger partial charge is 0.419 e. The summed E-state index contributed by atoms with van der Waals surface area (Å²) in [5, 5.41) is 0. The second kappa shape index (κ2) is 4.75. The Morgan fingerprint density at radius 2 is 1.95 bits per heavy atom. The van der Waals surface area contributed by atoms with Gasteiger partial charge in [0.15, 0.2) is 0 Å². The standard InChI is InChI=1S/C14H13F4N3/c15-10-5-4-8(7-9(10)14(16,17)18)12-13(19)21-6-2-1-3-11(21)20-12/h4-5,7H,1-3,6,19H2. The van der Waals surface area contributed by atoms with Gasteiger partial charge in [-0.1, -0.05) is 0 Å². The number of nitrogen functional groups attached to an aromatic ring is 1. The van der Waals surface area contributed by atoms with Crippen molar-refractivity contribution < 1.29 is 17.6 Å². The fourth-order valence-electron chi connectivity index (χ4n) is 2.61. The van der Waals surface area contributed by atoms with Crippen molar-refractivity contribution in [1.82, 2.24) is 9.55 Å². The molecule has 0 unspecified atom stereocenters.